The van der Waals surface area contributed by atoms with Crippen molar-refractivity contribution in [2.75, 3.05) is 12.3 Å². The third-order valence-corrected chi connectivity index (χ3v) is 3.24. The van der Waals surface area contributed by atoms with Gasteiger partial charge in [0, 0.05) is 18.7 Å². The van der Waals surface area contributed by atoms with E-state index in [1.807, 2.05) is 26.0 Å². The highest BCUT2D eigenvalue weighted by Gasteiger charge is 2.18. The monoisotopic (exact) mass is 277 g/mol. The number of rotatable bonds is 7. The molecule has 0 saturated carbocycles. The first kappa shape index (κ1) is 16.0. The van der Waals surface area contributed by atoms with Crippen molar-refractivity contribution in [3.8, 4) is 0 Å². The molecule has 4 N–H and O–H groups in total. The average molecular weight is 277 g/mol. The van der Waals surface area contributed by atoms with Gasteiger partial charge in [0.2, 0.25) is 11.8 Å². The lowest BCUT2D eigenvalue weighted by Gasteiger charge is -2.23. The lowest BCUT2D eigenvalue weighted by Crippen LogP contribution is -2.38. The maximum Gasteiger partial charge on any atom is 0.237 e. The molecule has 0 aliphatic carbocycles. The van der Waals surface area contributed by atoms with E-state index in [1.165, 1.54) is 4.90 Å². The van der Waals surface area contributed by atoms with Crippen LogP contribution >= 0.6 is 0 Å². The van der Waals surface area contributed by atoms with E-state index >= 15 is 0 Å². The van der Waals surface area contributed by atoms with Crippen LogP contribution in [0.4, 0.5) is 5.69 Å². The van der Waals surface area contributed by atoms with E-state index in [-0.39, 0.29) is 12.5 Å². The molecular weight excluding hydrogens is 254 g/mol. The van der Waals surface area contributed by atoms with Gasteiger partial charge >= 0.3 is 0 Å². The molecule has 5 nitrogen and oxygen atoms in total. The van der Waals surface area contributed by atoms with E-state index in [9.17, 15) is 9.59 Å². The number of benzene rings is 1. The van der Waals surface area contributed by atoms with Gasteiger partial charge in [0.15, 0.2) is 0 Å². The molecule has 1 aromatic rings. The Morgan fingerprint density at radius 3 is 2.60 bits per heavy atom. The Balaban J connectivity index is 2.78. The third-order valence-electron chi connectivity index (χ3n) is 3.24. The second-order valence-corrected chi connectivity index (χ2v) is 5.18. The van der Waals surface area contributed by atoms with Crippen molar-refractivity contribution in [2.45, 2.75) is 33.2 Å². The normalized spacial score (nSPS) is 11.9. The van der Waals surface area contributed by atoms with E-state index in [0.29, 0.717) is 24.6 Å². The molecule has 0 heterocycles. The molecule has 1 unspecified atom stereocenters. The van der Waals surface area contributed by atoms with Crippen molar-refractivity contribution in [3.05, 3.63) is 29.8 Å². The summed E-state index contributed by atoms with van der Waals surface area (Å²) >= 11 is 0. The highest BCUT2D eigenvalue weighted by atomic mass is 16.2. The van der Waals surface area contributed by atoms with Gasteiger partial charge in [-0.05, 0) is 23.6 Å². The number of primary amides is 1. The van der Waals surface area contributed by atoms with Gasteiger partial charge in [0.25, 0.3) is 0 Å². The zero-order valence-electron chi connectivity index (χ0n) is 12.1. The first-order valence-electron chi connectivity index (χ1n) is 6.82. The Hall–Kier alpha value is -2.04. The van der Waals surface area contributed by atoms with E-state index in [1.54, 1.807) is 12.1 Å². The van der Waals surface area contributed by atoms with Crippen LogP contribution in [0.5, 0.6) is 0 Å². The van der Waals surface area contributed by atoms with Gasteiger partial charge in [0.05, 0.1) is 6.54 Å². The Morgan fingerprint density at radius 1 is 1.35 bits per heavy atom. The molecule has 1 aromatic carbocycles. The summed E-state index contributed by atoms with van der Waals surface area (Å²) in [5, 5.41) is 0. The van der Waals surface area contributed by atoms with Crippen LogP contribution in [-0.2, 0) is 16.1 Å². The summed E-state index contributed by atoms with van der Waals surface area (Å²) in [4.78, 5) is 24.8. The second kappa shape index (κ2) is 7.53. The molecular formula is C15H23N3O2. The number of anilines is 1. The standard InChI is InChI=1S/C15H23N3O2/c1-3-11(2)7-15(20)18(10-14(17)19)9-12-5-4-6-13(16)8-12/h4-6,8,11H,3,7,9-10,16H2,1-2H3,(H2,17,19). The summed E-state index contributed by atoms with van der Waals surface area (Å²) < 4.78 is 0. The molecule has 0 radical (unpaired) electrons. The second-order valence-electron chi connectivity index (χ2n) is 5.18. The fraction of sp³-hybridized carbons (Fsp3) is 0.467. The van der Waals surface area contributed by atoms with Crippen molar-refractivity contribution >= 4 is 17.5 Å². The molecule has 0 aromatic heterocycles. The minimum absolute atomic E-state index is 0.0550. The number of nitrogens with two attached hydrogens (primary N) is 2. The fourth-order valence-corrected chi connectivity index (χ4v) is 1.90. The first-order valence-corrected chi connectivity index (χ1v) is 6.82. The predicted octanol–water partition coefficient (Wildman–Crippen LogP) is 1.52. The number of carbonyl (C=O) groups excluding carboxylic acids is 2. The molecule has 0 aliphatic rings. The van der Waals surface area contributed by atoms with Crippen LogP contribution in [0.25, 0.3) is 0 Å². The van der Waals surface area contributed by atoms with Crippen LogP contribution in [0.3, 0.4) is 0 Å². The summed E-state index contributed by atoms with van der Waals surface area (Å²) in [5.74, 6) is -0.273. The van der Waals surface area contributed by atoms with Crippen molar-refractivity contribution in [2.24, 2.45) is 11.7 Å². The Kier molecular flexibility index (Phi) is 6.03. The molecule has 0 aliphatic heterocycles. The first-order chi connectivity index (χ1) is 9.42. The van der Waals surface area contributed by atoms with E-state index in [4.69, 9.17) is 11.5 Å². The van der Waals surface area contributed by atoms with Crippen molar-refractivity contribution in [1.82, 2.24) is 4.90 Å². The minimum Gasteiger partial charge on any atom is -0.399 e. The number of amides is 2. The number of nitrogen functional groups attached to an aromatic ring is 1. The minimum atomic E-state index is -0.508. The molecule has 1 atom stereocenters. The topological polar surface area (TPSA) is 89.4 Å². The zero-order chi connectivity index (χ0) is 15.1. The Labute approximate surface area is 119 Å². The molecule has 0 fully saturated rings. The van der Waals surface area contributed by atoms with Gasteiger partial charge in [-0.1, -0.05) is 32.4 Å². The molecule has 0 spiro atoms. The van der Waals surface area contributed by atoms with Gasteiger partial charge < -0.3 is 16.4 Å². The van der Waals surface area contributed by atoms with Gasteiger partial charge in [-0.15, -0.1) is 0 Å². The van der Waals surface area contributed by atoms with E-state index < -0.39 is 5.91 Å². The molecule has 0 saturated heterocycles. The molecule has 2 amide bonds. The highest BCUT2D eigenvalue weighted by Crippen LogP contribution is 2.13. The predicted molar refractivity (Wildman–Crippen MR) is 79.5 cm³/mol. The molecule has 20 heavy (non-hydrogen) atoms. The lowest BCUT2D eigenvalue weighted by atomic mass is 10.0. The summed E-state index contributed by atoms with van der Waals surface area (Å²) in [7, 11) is 0. The average Bonchev–Trinajstić information content (AvgIpc) is 2.37. The molecule has 110 valence electrons. The number of hydrogen-bond acceptors (Lipinski definition) is 3. The highest BCUT2D eigenvalue weighted by molar-refractivity contribution is 5.83. The van der Waals surface area contributed by atoms with Crippen LogP contribution in [-0.4, -0.2) is 23.3 Å². The maximum absolute atomic E-state index is 12.2. The largest absolute Gasteiger partial charge is 0.399 e. The summed E-state index contributed by atoms with van der Waals surface area (Å²) in [6.07, 6.45) is 1.35. The quantitative estimate of drug-likeness (QED) is 0.740. The van der Waals surface area contributed by atoms with Crippen LogP contribution < -0.4 is 11.5 Å². The smallest absolute Gasteiger partial charge is 0.237 e. The van der Waals surface area contributed by atoms with Crippen molar-refractivity contribution in [3.63, 3.8) is 0 Å². The van der Waals surface area contributed by atoms with Crippen LogP contribution in [0.2, 0.25) is 0 Å². The SMILES string of the molecule is CCC(C)CC(=O)N(CC(N)=O)Cc1cccc(N)c1. The molecule has 5 heteroatoms. The Morgan fingerprint density at radius 2 is 2.05 bits per heavy atom. The number of carbonyl (C=O) groups is 2. The molecule has 0 bridgehead atoms. The van der Waals surface area contributed by atoms with Gasteiger partial charge in [0.1, 0.15) is 0 Å². The molecule has 1 rings (SSSR count). The zero-order valence-corrected chi connectivity index (χ0v) is 12.1. The Bertz CT molecular complexity index is 474. The van der Waals surface area contributed by atoms with Gasteiger partial charge in [-0.25, -0.2) is 0 Å². The third kappa shape index (κ3) is 5.30. The van der Waals surface area contributed by atoms with Crippen molar-refractivity contribution < 1.29 is 9.59 Å². The van der Waals surface area contributed by atoms with Crippen LogP contribution in [0.1, 0.15) is 32.3 Å². The van der Waals surface area contributed by atoms with E-state index in [0.717, 1.165) is 12.0 Å². The maximum atomic E-state index is 12.2. The summed E-state index contributed by atoms with van der Waals surface area (Å²) in [6.45, 7) is 4.34. The number of nitrogens with zero attached hydrogens (tertiary/aromatic N) is 1. The van der Waals surface area contributed by atoms with Crippen LogP contribution in [0.15, 0.2) is 24.3 Å². The fourth-order valence-electron chi connectivity index (χ4n) is 1.90. The van der Waals surface area contributed by atoms with Crippen LogP contribution in [0, 0.1) is 5.92 Å². The van der Waals surface area contributed by atoms with Gasteiger partial charge in [-0.3, -0.25) is 9.59 Å². The van der Waals surface area contributed by atoms with E-state index in [2.05, 4.69) is 0 Å². The lowest BCUT2D eigenvalue weighted by molar-refractivity contribution is -0.136. The van der Waals surface area contributed by atoms with Gasteiger partial charge in [-0.2, -0.15) is 0 Å². The summed E-state index contributed by atoms with van der Waals surface area (Å²) in [6, 6.07) is 7.28. The number of hydrogen-bond donors (Lipinski definition) is 2. The van der Waals surface area contributed by atoms with Crippen molar-refractivity contribution in [1.29, 1.82) is 0 Å². The summed E-state index contributed by atoms with van der Waals surface area (Å²) in [5.41, 5.74) is 12.5.